The lowest BCUT2D eigenvalue weighted by molar-refractivity contribution is -0.312. The molecule has 0 amide bonds. The van der Waals surface area contributed by atoms with Gasteiger partial charge in [0.25, 0.3) is 0 Å². The van der Waals surface area contributed by atoms with Crippen LogP contribution in [-0.4, -0.2) is 30.4 Å². The van der Waals surface area contributed by atoms with Crippen molar-refractivity contribution in [2.24, 2.45) is 0 Å². The van der Waals surface area contributed by atoms with Gasteiger partial charge in [0.1, 0.15) is 11.5 Å². The standard InChI is InChI=1S/C17H16O6/c1-21-16(11-7-4-3-5-8-11)15(19)23-13-10-6-9-12(18)14(13)17(16,20)22-2/h3-10,18,20H,1-2H3. The SMILES string of the molecule is COC1(O)c2c(O)cccc2OC(=O)C1(OC)c1ccccc1. The number of ether oxygens (including phenoxy) is 3. The number of carbonyl (C=O) groups excluding carboxylic acids is 1. The number of methoxy groups -OCH3 is 2. The normalized spacial score (nSPS) is 26.5. The second kappa shape index (κ2) is 5.34. The van der Waals surface area contributed by atoms with E-state index in [-0.39, 0.29) is 17.1 Å². The Hall–Kier alpha value is -2.41. The fourth-order valence-electron chi connectivity index (χ4n) is 3.00. The molecule has 0 saturated heterocycles. The maximum Gasteiger partial charge on any atom is 0.354 e. The summed E-state index contributed by atoms with van der Waals surface area (Å²) in [6, 6.07) is 12.7. The number of hydrogen-bond acceptors (Lipinski definition) is 6. The van der Waals surface area contributed by atoms with Crippen molar-refractivity contribution in [1.29, 1.82) is 0 Å². The van der Waals surface area contributed by atoms with E-state index in [1.807, 2.05) is 0 Å². The van der Waals surface area contributed by atoms with Crippen LogP contribution in [0.2, 0.25) is 0 Å². The minimum Gasteiger partial charge on any atom is -0.507 e. The second-order valence-corrected chi connectivity index (χ2v) is 5.14. The molecular weight excluding hydrogens is 300 g/mol. The van der Waals surface area contributed by atoms with E-state index in [4.69, 9.17) is 14.2 Å². The van der Waals surface area contributed by atoms with Gasteiger partial charge >= 0.3 is 5.97 Å². The molecule has 1 aliphatic heterocycles. The number of fused-ring (bicyclic) bond motifs is 1. The Morgan fingerprint density at radius 2 is 1.70 bits per heavy atom. The third-order valence-corrected chi connectivity index (χ3v) is 4.09. The van der Waals surface area contributed by atoms with E-state index in [0.717, 1.165) is 0 Å². The van der Waals surface area contributed by atoms with Gasteiger partial charge in [-0.25, -0.2) is 4.79 Å². The zero-order chi connectivity index (χ0) is 16.7. The van der Waals surface area contributed by atoms with Crippen LogP contribution in [0.15, 0.2) is 48.5 Å². The van der Waals surface area contributed by atoms with Crippen molar-refractivity contribution in [1.82, 2.24) is 0 Å². The number of phenols is 1. The summed E-state index contributed by atoms with van der Waals surface area (Å²) in [5, 5.41) is 21.4. The average Bonchev–Trinajstić information content (AvgIpc) is 2.56. The first kappa shape index (κ1) is 15.5. The predicted octanol–water partition coefficient (Wildman–Crippen LogP) is 1.64. The first-order chi connectivity index (χ1) is 11.0. The lowest BCUT2D eigenvalue weighted by atomic mass is 9.78. The molecule has 2 unspecified atom stereocenters. The molecule has 0 fully saturated rings. The number of hydrogen-bond donors (Lipinski definition) is 2. The minimum absolute atomic E-state index is 0.0166. The fraction of sp³-hybridized carbons (Fsp3) is 0.235. The summed E-state index contributed by atoms with van der Waals surface area (Å²) in [6.07, 6.45) is 0. The van der Waals surface area contributed by atoms with Crippen LogP contribution in [0.1, 0.15) is 11.1 Å². The van der Waals surface area contributed by atoms with Gasteiger partial charge in [-0.2, -0.15) is 0 Å². The molecule has 23 heavy (non-hydrogen) atoms. The highest BCUT2D eigenvalue weighted by molar-refractivity contribution is 5.88. The zero-order valence-corrected chi connectivity index (χ0v) is 12.6. The number of aliphatic hydroxyl groups is 1. The number of esters is 1. The Balaban J connectivity index is 2.36. The molecule has 2 N–H and O–H groups in total. The highest BCUT2D eigenvalue weighted by atomic mass is 16.7. The van der Waals surface area contributed by atoms with Crippen LogP contribution in [0.5, 0.6) is 11.5 Å². The molecule has 0 radical (unpaired) electrons. The van der Waals surface area contributed by atoms with Crippen LogP contribution in [0, 0.1) is 0 Å². The zero-order valence-electron chi connectivity index (χ0n) is 12.6. The van der Waals surface area contributed by atoms with E-state index in [0.29, 0.717) is 5.56 Å². The van der Waals surface area contributed by atoms with Gasteiger partial charge in [0.2, 0.25) is 11.4 Å². The van der Waals surface area contributed by atoms with Gasteiger partial charge in [0.05, 0.1) is 5.56 Å². The molecule has 0 aliphatic carbocycles. The van der Waals surface area contributed by atoms with E-state index >= 15 is 0 Å². The number of rotatable bonds is 3. The van der Waals surface area contributed by atoms with Crippen LogP contribution in [0.4, 0.5) is 0 Å². The summed E-state index contributed by atoms with van der Waals surface area (Å²) in [5.41, 5.74) is -1.70. The van der Waals surface area contributed by atoms with E-state index in [2.05, 4.69) is 0 Å². The summed E-state index contributed by atoms with van der Waals surface area (Å²) < 4.78 is 16.0. The van der Waals surface area contributed by atoms with Gasteiger partial charge in [-0.1, -0.05) is 36.4 Å². The average molecular weight is 316 g/mol. The molecule has 3 rings (SSSR count). The largest absolute Gasteiger partial charge is 0.507 e. The van der Waals surface area contributed by atoms with E-state index in [1.54, 1.807) is 30.3 Å². The third-order valence-electron chi connectivity index (χ3n) is 4.09. The minimum atomic E-state index is -2.26. The molecular formula is C17H16O6. The smallest absolute Gasteiger partial charge is 0.354 e. The first-order valence-corrected chi connectivity index (χ1v) is 6.94. The number of carbonyl (C=O) groups is 1. The van der Waals surface area contributed by atoms with Crippen molar-refractivity contribution in [2.45, 2.75) is 11.4 Å². The number of phenolic OH excluding ortho intramolecular Hbond substituents is 1. The van der Waals surface area contributed by atoms with E-state index in [1.165, 1.54) is 32.4 Å². The van der Waals surface area contributed by atoms with E-state index in [9.17, 15) is 15.0 Å². The van der Waals surface area contributed by atoms with Crippen LogP contribution in [0.3, 0.4) is 0 Å². The molecule has 0 spiro atoms. The first-order valence-electron chi connectivity index (χ1n) is 6.94. The monoisotopic (exact) mass is 316 g/mol. The van der Waals surface area contributed by atoms with E-state index < -0.39 is 17.4 Å². The Morgan fingerprint density at radius 3 is 2.30 bits per heavy atom. The summed E-state index contributed by atoms with van der Waals surface area (Å²) in [5.74, 6) is -3.35. The summed E-state index contributed by atoms with van der Waals surface area (Å²) >= 11 is 0. The van der Waals surface area contributed by atoms with Crippen molar-refractivity contribution < 1.29 is 29.2 Å². The van der Waals surface area contributed by atoms with Crippen molar-refractivity contribution >= 4 is 5.97 Å². The molecule has 1 aliphatic rings. The molecule has 0 aromatic heterocycles. The quantitative estimate of drug-likeness (QED) is 0.509. The highest BCUT2D eigenvalue weighted by Crippen LogP contribution is 2.53. The lowest BCUT2D eigenvalue weighted by Crippen LogP contribution is -2.61. The van der Waals surface area contributed by atoms with Gasteiger partial charge in [0, 0.05) is 19.8 Å². The van der Waals surface area contributed by atoms with Crippen LogP contribution in [-0.2, 0) is 25.7 Å². The molecule has 2 atom stereocenters. The highest BCUT2D eigenvalue weighted by Gasteiger charge is 2.66. The Morgan fingerprint density at radius 1 is 1.00 bits per heavy atom. The molecule has 120 valence electrons. The second-order valence-electron chi connectivity index (χ2n) is 5.14. The summed E-state index contributed by atoms with van der Waals surface area (Å²) in [4.78, 5) is 12.7. The van der Waals surface area contributed by atoms with Crippen molar-refractivity contribution in [3.8, 4) is 11.5 Å². The van der Waals surface area contributed by atoms with Crippen LogP contribution >= 0.6 is 0 Å². The Labute approximate surface area is 132 Å². The molecule has 0 bridgehead atoms. The molecule has 0 saturated carbocycles. The Bertz CT molecular complexity index is 744. The number of aromatic hydroxyl groups is 1. The van der Waals surface area contributed by atoms with Crippen molar-refractivity contribution in [3.05, 3.63) is 59.7 Å². The third kappa shape index (κ3) is 1.89. The number of benzene rings is 2. The maximum atomic E-state index is 12.7. The maximum absolute atomic E-state index is 12.7. The fourth-order valence-corrected chi connectivity index (χ4v) is 3.00. The van der Waals surface area contributed by atoms with Gasteiger partial charge in [-0.15, -0.1) is 0 Å². The van der Waals surface area contributed by atoms with Gasteiger partial charge in [-0.3, -0.25) is 0 Å². The Kier molecular flexibility index (Phi) is 3.60. The lowest BCUT2D eigenvalue weighted by Gasteiger charge is -2.46. The van der Waals surface area contributed by atoms with Gasteiger partial charge < -0.3 is 24.4 Å². The van der Waals surface area contributed by atoms with Crippen LogP contribution in [0.25, 0.3) is 0 Å². The molecule has 1 heterocycles. The van der Waals surface area contributed by atoms with Gasteiger partial charge in [0.15, 0.2) is 0 Å². The molecule has 6 nitrogen and oxygen atoms in total. The van der Waals surface area contributed by atoms with Gasteiger partial charge in [-0.05, 0) is 12.1 Å². The molecule has 2 aromatic carbocycles. The molecule has 6 heteroatoms. The van der Waals surface area contributed by atoms with Crippen molar-refractivity contribution in [3.63, 3.8) is 0 Å². The van der Waals surface area contributed by atoms with Crippen molar-refractivity contribution in [2.75, 3.05) is 14.2 Å². The summed E-state index contributed by atoms with van der Waals surface area (Å²) in [6.45, 7) is 0. The predicted molar refractivity (Wildman–Crippen MR) is 79.8 cm³/mol. The topological polar surface area (TPSA) is 85.2 Å². The summed E-state index contributed by atoms with van der Waals surface area (Å²) in [7, 11) is 2.49. The molecule has 2 aromatic rings. The van der Waals surface area contributed by atoms with Crippen LogP contribution < -0.4 is 4.74 Å².